The highest BCUT2D eigenvalue weighted by molar-refractivity contribution is 6.30. The molecular formula is C17H21ClN6O. The fourth-order valence-corrected chi connectivity index (χ4v) is 3.59. The number of halogens is 1. The minimum absolute atomic E-state index is 0.126. The zero-order valence-corrected chi connectivity index (χ0v) is 15.1. The van der Waals surface area contributed by atoms with E-state index in [0.717, 1.165) is 36.5 Å². The molecule has 1 fully saturated rings. The summed E-state index contributed by atoms with van der Waals surface area (Å²) < 4.78 is 1.94. The summed E-state index contributed by atoms with van der Waals surface area (Å²) in [6.07, 6.45) is 2.76. The zero-order chi connectivity index (χ0) is 17.6. The predicted octanol–water partition coefficient (Wildman–Crippen LogP) is 2.24. The molecule has 1 unspecified atom stereocenters. The Labute approximate surface area is 151 Å². The van der Waals surface area contributed by atoms with Gasteiger partial charge in [-0.1, -0.05) is 11.6 Å². The standard InChI is InChI=1S/C17H21ClN6O/c1-22(2)17(25)7-11-9-23(15-6-3-12(18)8-14(11)15)10-16-19-20-21-24(16)13-4-5-13/h3,6,8,11,13H,4-5,7,9-10H2,1-2H3. The van der Waals surface area contributed by atoms with Crippen LogP contribution in [0.2, 0.25) is 5.02 Å². The van der Waals surface area contributed by atoms with Gasteiger partial charge in [0, 0.05) is 43.7 Å². The van der Waals surface area contributed by atoms with Gasteiger partial charge in [0.15, 0.2) is 5.82 Å². The molecule has 1 aromatic carbocycles. The molecule has 0 bridgehead atoms. The van der Waals surface area contributed by atoms with E-state index in [1.165, 1.54) is 0 Å². The van der Waals surface area contributed by atoms with Crippen LogP contribution in [-0.2, 0) is 11.3 Å². The average molecular weight is 361 g/mol. The van der Waals surface area contributed by atoms with Crippen molar-refractivity contribution in [1.29, 1.82) is 0 Å². The van der Waals surface area contributed by atoms with Crippen molar-refractivity contribution in [1.82, 2.24) is 25.1 Å². The Morgan fingerprint density at radius 1 is 1.36 bits per heavy atom. The van der Waals surface area contributed by atoms with Gasteiger partial charge in [-0.25, -0.2) is 4.68 Å². The molecule has 2 aliphatic rings. The van der Waals surface area contributed by atoms with E-state index in [0.29, 0.717) is 24.0 Å². The third-order valence-corrected chi connectivity index (χ3v) is 5.15. The Balaban J connectivity index is 1.59. The van der Waals surface area contributed by atoms with Crippen LogP contribution in [0.3, 0.4) is 0 Å². The van der Waals surface area contributed by atoms with Crippen molar-refractivity contribution in [3.63, 3.8) is 0 Å². The van der Waals surface area contributed by atoms with Crippen molar-refractivity contribution in [3.8, 4) is 0 Å². The average Bonchev–Trinajstić information content (AvgIpc) is 3.23. The molecule has 1 amide bonds. The van der Waals surface area contributed by atoms with Gasteiger partial charge in [0.25, 0.3) is 0 Å². The molecule has 1 atom stereocenters. The van der Waals surface area contributed by atoms with Crippen molar-refractivity contribution < 1.29 is 4.79 Å². The summed E-state index contributed by atoms with van der Waals surface area (Å²) in [5.41, 5.74) is 2.25. The number of benzene rings is 1. The molecule has 1 aliphatic carbocycles. The molecule has 0 N–H and O–H groups in total. The minimum Gasteiger partial charge on any atom is -0.363 e. The first-order valence-electron chi connectivity index (χ1n) is 8.54. The number of anilines is 1. The fraction of sp³-hybridized carbons (Fsp3) is 0.529. The van der Waals surface area contributed by atoms with Crippen LogP contribution in [0, 0.1) is 0 Å². The van der Waals surface area contributed by atoms with Crippen LogP contribution in [0.5, 0.6) is 0 Å². The smallest absolute Gasteiger partial charge is 0.222 e. The zero-order valence-electron chi connectivity index (χ0n) is 14.4. The van der Waals surface area contributed by atoms with E-state index in [1.807, 2.05) is 22.9 Å². The Bertz CT molecular complexity index is 800. The van der Waals surface area contributed by atoms with E-state index < -0.39 is 0 Å². The lowest BCUT2D eigenvalue weighted by Crippen LogP contribution is -2.27. The first kappa shape index (κ1) is 16.3. The highest BCUT2D eigenvalue weighted by Gasteiger charge is 2.33. The van der Waals surface area contributed by atoms with Crippen LogP contribution >= 0.6 is 11.6 Å². The van der Waals surface area contributed by atoms with Gasteiger partial charge in [-0.05, 0) is 47.0 Å². The van der Waals surface area contributed by atoms with Crippen molar-refractivity contribution in [2.24, 2.45) is 0 Å². The van der Waals surface area contributed by atoms with Crippen LogP contribution in [0.25, 0.3) is 0 Å². The van der Waals surface area contributed by atoms with Crippen LogP contribution in [0.1, 0.15) is 42.6 Å². The minimum atomic E-state index is 0.126. The Hall–Kier alpha value is -2.15. The van der Waals surface area contributed by atoms with Gasteiger partial charge in [-0.15, -0.1) is 5.10 Å². The summed E-state index contributed by atoms with van der Waals surface area (Å²) in [6, 6.07) is 6.36. The van der Waals surface area contributed by atoms with Gasteiger partial charge >= 0.3 is 0 Å². The molecule has 8 heteroatoms. The lowest BCUT2D eigenvalue weighted by Gasteiger charge is -2.19. The summed E-state index contributed by atoms with van der Waals surface area (Å²) in [7, 11) is 3.58. The molecule has 132 valence electrons. The maximum atomic E-state index is 12.2. The van der Waals surface area contributed by atoms with Crippen LogP contribution in [-0.4, -0.2) is 51.7 Å². The van der Waals surface area contributed by atoms with Crippen LogP contribution < -0.4 is 4.90 Å². The van der Waals surface area contributed by atoms with E-state index in [-0.39, 0.29) is 11.8 Å². The van der Waals surface area contributed by atoms with Crippen LogP contribution in [0.4, 0.5) is 5.69 Å². The summed E-state index contributed by atoms with van der Waals surface area (Å²) in [6.45, 7) is 1.41. The van der Waals surface area contributed by atoms with Crippen molar-refractivity contribution in [2.75, 3.05) is 25.5 Å². The molecule has 1 saturated carbocycles. The second-order valence-electron chi connectivity index (χ2n) is 7.04. The third-order valence-electron chi connectivity index (χ3n) is 4.92. The first-order valence-corrected chi connectivity index (χ1v) is 8.92. The fourth-order valence-electron chi connectivity index (χ4n) is 3.41. The van der Waals surface area contributed by atoms with Gasteiger partial charge in [0.05, 0.1) is 12.6 Å². The second-order valence-corrected chi connectivity index (χ2v) is 7.48. The number of carbonyl (C=O) groups is 1. The van der Waals surface area contributed by atoms with E-state index in [9.17, 15) is 4.79 Å². The molecule has 2 aromatic rings. The molecule has 0 radical (unpaired) electrons. The number of nitrogens with zero attached hydrogens (tertiary/aromatic N) is 6. The summed E-state index contributed by atoms with van der Waals surface area (Å²) in [5.74, 6) is 1.14. The number of tetrazole rings is 1. The highest BCUT2D eigenvalue weighted by Crippen LogP contribution is 2.41. The largest absolute Gasteiger partial charge is 0.363 e. The highest BCUT2D eigenvalue weighted by atomic mass is 35.5. The van der Waals surface area contributed by atoms with E-state index in [2.05, 4.69) is 20.4 Å². The molecule has 25 heavy (non-hydrogen) atoms. The second kappa shape index (κ2) is 6.29. The maximum absolute atomic E-state index is 12.2. The molecule has 7 nitrogen and oxygen atoms in total. The number of aromatic nitrogens is 4. The lowest BCUT2D eigenvalue weighted by atomic mass is 9.97. The topological polar surface area (TPSA) is 67.2 Å². The number of fused-ring (bicyclic) bond motifs is 1. The van der Waals surface area contributed by atoms with E-state index >= 15 is 0 Å². The summed E-state index contributed by atoms with van der Waals surface area (Å²) in [5, 5.41) is 12.9. The summed E-state index contributed by atoms with van der Waals surface area (Å²) in [4.78, 5) is 16.1. The molecule has 2 heterocycles. The van der Waals surface area contributed by atoms with Gasteiger partial charge < -0.3 is 9.80 Å². The van der Waals surface area contributed by atoms with Gasteiger partial charge in [0.1, 0.15) is 0 Å². The number of amides is 1. The van der Waals surface area contributed by atoms with Crippen LogP contribution in [0.15, 0.2) is 18.2 Å². The third kappa shape index (κ3) is 3.20. The molecule has 0 spiro atoms. The molecule has 1 aromatic heterocycles. The van der Waals surface area contributed by atoms with Crippen molar-refractivity contribution in [3.05, 3.63) is 34.6 Å². The van der Waals surface area contributed by atoms with E-state index in [1.54, 1.807) is 19.0 Å². The quantitative estimate of drug-likeness (QED) is 0.818. The van der Waals surface area contributed by atoms with Gasteiger partial charge in [-0.2, -0.15) is 0 Å². The molecule has 0 saturated heterocycles. The molecule has 4 rings (SSSR count). The van der Waals surface area contributed by atoms with Crippen molar-refractivity contribution in [2.45, 2.75) is 37.8 Å². The normalized spacial score (nSPS) is 19.2. The number of carbonyl (C=O) groups excluding carboxylic acids is 1. The SMILES string of the molecule is CN(C)C(=O)CC1CN(Cc2nnnn2C2CC2)c2ccc(Cl)cc21. The number of rotatable bonds is 5. The first-order chi connectivity index (χ1) is 12.0. The Morgan fingerprint density at radius 2 is 2.16 bits per heavy atom. The Morgan fingerprint density at radius 3 is 2.88 bits per heavy atom. The number of hydrogen-bond acceptors (Lipinski definition) is 5. The lowest BCUT2D eigenvalue weighted by molar-refractivity contribution is -0.129. The van der Waals surface area contributed by atoms with E-state index in [4.69, 9.17) is 11.6 Å². The molecule has 1 aliphatic heterocycles. The van der Waals surface area contributed by atoms with Gasteiger partial charge in [-0.3, -0.25) is 4.79 Å². The monoisotopic (exact) mass is 360 g/mol. The van der Waals surface area contributed by atoms with Crippen molar-refractivity contribution >= 4 is 23.2 Å². The summed E-state index contributed by atoms with van der Waals surface area (Å²) >= 11 is 6.20. The molecular weight excluding hydrogens is 340 g/mol. The maximum Gasteiger partial charge on any atom is 0.222 e. The predicted molar refractivity (Wildman–Crippen MR) is 94.6 cm³/mol. The number of hydrogen-bond donors (Lipinski definition) is 0. The van der Waals surface area contributed by atoms with Gasteiger partial charge in [0.2, 0.25) is 5.91 Å². The Kier molecular flexibility index (Phi) is 4.11.